The number of amides is 2. The lowest BCUT2D eigenvalue weighted by Crippen LogP contribution is -2.38. The first kappa shape index (κ1) is 17.3. The number of imide groups is 1. The number of fused-ring (bicyclic) bond motifs is 1. The second kappa shape index (κ2) is 6.77. The molecule has 2 amide bonds. The van der Waals surface area contributed by atoms with Gasteiger partial charge in [0.15, 0.2) is 5.89 Å². The summed E-state index contributed by atoms with van der Waals surface area (Å²) in [7, 11) is -3.63. The maximum Gasteiger partial charge on any atom is 0.261 e. The Balaban J connectivity index is 1.54. The molecule has 1 aliphatic heterocycles. The molecule has 132 valence electrons. The molecule has 1 aromatic carbocycles. The predicted molar refractivity (Wildman–Crippen MR) is 88.5 cm³/mol. The molecule has 0 saturated carbocycles. The Morgan fingerprint density at radius 3 is 2.36 bits per heavy atom. The molecule has 0 atom stereocenters. The van der Waals surface area contributed by atoms with Gasteiger partial charge in [0.25, 0.3) is 11.8 Å². The van der Waals surface area contributed by atoms with Crippen LogP contribution in [-0.2, 0) is 16.4 Å². The van der Waals surface area contributed by atoms with Gasteiger partial charge in [-0.25, -0.2) is 18.1 Å². The van der Waals surface area contributed by atoms with Crippen molar-refractivity contribution in [1.82, 2.24) is 14.6 Å². The molecule has 3 rings (SSSR count). The predicted octanol–water partition coefficient (Wildman–Crippen LogP) is 0.741. The second-order valence-corrected chi connectivity index (χ2v) is 7.56. The summed E-state index contributed by atoms with van der Waals surface area (Å²) in [6.45, 7) is 1.69. The van der Waals surface area contributed by atoms with Gasteiger partial charge in [0, 0.05) is 19.5 Å². The van der Waals surface area contributed by atoms with E-state index in [1.54, 1.807) is 37.4 Å². The van der Waals surface area contributed by atoms with Gasteiger partial charge in [0.05, 0.1) is 23.1 Å². The molecule has 0 unspecified atom stereocenters. The Labute approximate surface area is 144 Å². The quantitative estimate of drug-likeness (QED) is 0.727. The molecule has 0 aliphatic carbocycles. The van der Waals surface area contributed by atoms with Crippen molar-refractivity contribution in [3.63, 3.8) is 0 Å². The first-order chi connectivity index (χ1) is 11.9. The van der Waals surface area contributed by atoms with E-state index in [1.165, 1.54) is 0 Å². The van der Waals surface area contributed by atoms with Crippen LogP contribution in [0.5, 0.6) is 0 Å². The van der Waals surface area contributed by atoms with Crippen molar-refractivity contribution in [2.75, 3.05) is 18.8 Å². The van der Waals surface area contributed by atoms with Crippen LogP contribution >= 0.6 is 0 Å². The number of carbonyl (C=O) groups is 2. The van der Waals surface area contributed by atoms with E-state index in [0.29, 0.717) is 29.2 Å². The maximum atomic E-state index is 12.2. The molecule has 25 heavy (non-hydrogen) atoms. The summed E-state index contributed by atoms with van der Waals surface area (Å²) >= 11 is 0. The van der Waals surface area contributed by atoms with Crippen molar-refractivity contribution < 1.29 is 22.4 Å². The van der Waals surface area contributed by atoms with Crippen LogP contribution in [0.2, 0.25) is 0 Å². The third kappa shape index (κ3) is 3.77. The van der Waals surface area contributed by atoms with Crippen LogP contribution in [0.3, 0.4) is 0 Å². The average molecular weight is 363 g/mol. The van der Waals surface area contributed by atoms with Gasteiger partial charge in [-0.1, -0.05) is 12.1 Å². The van der Waals surface area contributed by atoms with Gasteiger partial charge < -0.3 is 4.42 Å². The fourth-order valence-electron chi connectivity index (χ4n) is 2.56. The number of nitrogens with one attached hydrogen (secondary N) is 1. The van der Waals surface area contributed by atoms with E-state index in [-0.39, 0.29) is 18.8 Å². The molecule has 2 heterocycles. The number of rotatable bonds is 7. The second-order valence-electron chi connectivity index (χ2n) is 5.64. The summed E-state index contributed by atoms with van der Waals surface area (Å²) in [5.74, 6) is -0.190. The number of benzene rings is 1. The van der Waals surface area contributed by atoms with Crippen molar-refractivity contribution in [3.05, 3.63) is 53.2 Å². The largest absolute Gasteiger partial charge is 0.446 e. The number of aryl methyl sites for hydroxylation is 1. The van der Waals surface area contributed by atoms with Gasteiger partial charge in [0.1, 0.15) is 5.76 Å². The third-order valence-corrected chi connectivity index (χ3v) is 5.16. The Hall–Kier alpha value is -2.52. The summed E-state index contributed by atoms with van der Waals surface area (Å²) in [5, 5.41) is 0. The number of aromatic nitrogens is 1. The maximum absolute atomic E-state index is 12.2. The topological polar surface area (TPSA) is 110 Å². The molecule has 1 aliphatic rings. The Bertz CT molecular complexity index is 884. The minimum atomic E-state index is -3.63. The Morgan fingerprint density at radius 1 is 1.16 bits per heavy atom. The van der Waals surface area contributed by atoms with Crippen LogP contribution in [-0.4, -0.2) is 49.0 Å². The number of carbonyl (C=O) groups excluding carboxylic acids is 2. The van der Waals surface area contributed by atoms with Crippen molar-refractivity contribution in [3.8, 4) is 0 Å². The van der Waals surface area contributed by atoms with Crippen molar-refractivity contribution in [2.24, 2.45) is 0 Å². The van der Waals surface area contributed by atoms with Crippen LogP contribution in [0.15, 0.2) is 34.9 Å². The van der Waals surface area contributed by atoms with E-state index in [9.17, 15) is 18.0 Å². The average Bonchev–Trinajstić information content (AvgIpc) is 3.09. The number of oxazole rings is 1. The number of sulfonamides is 1. The van der Waals surface area contributed by atoms with E-state index in [2.05, 4.69) is 9.71 Å². The van der Waals surface area contributed by atoms with E-state index >= 15 is 0 Å². The van der Waals surface area contributed by atoms with Crippen LogP contribution in [0.1, 0.15) is 32.4 Å². The van der Waals surface area contributed by atoms with Gasteiger partial charge in [-0.15, -0.1) is 0 Å². The molecule has 9 heteroatoms. The first-order valence-electron chi connectivity index (χ1n) is 7.71. The SMILES string of the molecule is Cc1cnc(CCNS(=O)(=O)CCN2C(=O)c3ccccc3C2=O)o1. The molecule has 8 nitrogen and oxygen atoms in total. The number of hydrogen-bond acceptors (Lipinski definition) is 6. The highest BCUT2D eigenvalue weighted by molar-refractivity contribution is 7.89. The van der Waals surface area contributed by atoms with E-state index < -0.39 is 21.8 Å². The van der Waals surface area contributed by atoms with Crippen LogP contribution in [0, 0.1) is 6.92 Å². The summed E-state index contributed by atoms with van der Waals surface area (Å²) in [6, 6.07) is 6.44. The summed E-state index contributed by atoms with van der Waals surface area (Å²) in [5.41, 5.74) is 0.606. The highest BCUT2D eigenvalue weighted by atomic mass is 32.2. The van der Waals surface area contributed by atoms with Crippen molar-refractivity contribution in [1.29, 1.82) is 0 Å². The molecule has 1 N–H and O–H groups in total. The molecule has 1 aromatic heterocycles. The number of nitrogens with zero attached hydrogens (tertiary/aromatic N) is 2. The van der Waals surface area contributed by atoms with E-state index in [1.807, 2.05) is 0 Å². The molecule has 0 fully saturated rings. The lowest BCUT2D eigenvalue weighted by Gasteiger charge is -2.14. The third-order valence-electron chi connectivity index (χ3n) is 3.79. The van der Waals surface area contributed by atoms with Gasteiger partial charge in [-0.3, -0.25) is 14.5 Å². The van der Waals surface area contributed by atoms with Crippen LogP contribution in [0.4, 0.5) is 0 Å². The van der Waals surface area contributed by atoms with Crippen molar-refractivity contribution >= 4 is 21.8 Å². The normalized spacial score (nSPS) is 14.2. The monoisotopic (exact) mass is 363 g/mol. The van der Waals surface area contributed by atoms with Crippen molar-refractivity contribution in [2.45, 2.75) is 13.3 Å². The highest BCUT2D eigenvalue weighted by Gasteiger charge is 2.35. The van der Waals surface area contributed by atoms with E-state index in [4.69, 9.17) is 4.42 Å². The molecule has 0 spiro atoms. The molecule has 2 aromatic rings. The van der Waals surface area contributed by atoms with Gasteiger partial charge in [-0.05, 0) is 19.1 Å². The molecule has 0 saturated heterocycles. The van der Waals surface area contributed by atoms with Crippen LogP contribution in [0.25, 0.3) is 0 Å². The van der Waals surface area contributed by atoms with Gasteiger partial charge >= 0.3 is 0 Å². The summed E-state index contributed by atoms with van der Waals surface area (Å²) in [6.07, 6.45) is 1.88. The summed E-state index contributed by atoms with van der Waals surface area (Å²) in [4.78, 5) is 29.3. The smallest absolute Gasteiger partial charge is 0.261 e. The standard InChI is InChI=1S/C16H17N3O5S/c1-11-10-17-14(24-11)6-7-18-25(22,23)9-8-19-15(20)12-4-2-3-5-13(12)16(19)21/h2-5,10,18H,6-9H2,1H3. The lowest BCUT2D eigenvalue weighted by atomic mass is 10.1. The zero-order chi connectivity index (χ0) is 18.0. The van der Waals surface area contributed by atoms with Crippen LogP contribution < -0.4 is 4.72 Å². The fraction of sp³-hybridized carbons (Fsp3) is 0.312. The highest BCUT2D eigenvalue weighted by Crippen LogP contribution is 2.22. The first-order valence-corrected chi connectivity index (χ1v) is 9.36. The molecule has 0 radical (unpaired) electrons. The van der Waals surface area contributed by atoms with Gasteiger partial charge in [-0.2, -0.15) is 0 Å². The van der Waals surface area contributed by atoms with E-state index in [0.717, 1.165) is 4.90 Å². The number of hydrogen-bond donors (Lipinski definition) is 1. The Morgan fingerprint density at radius 2 is 1.80 bits per heavy atom. The lowest BCUT2D eigenvalue weighted by molar-refractivity contribution is 0.0664. The Kier molecular flexibility index (Phi) is 4.69. The minimum Gasteiger partial charge on any atom is -0.446 e. The fourth-order valence-corrected chi connectivity index (χ4v) is 3.54. The van der Waals surface area contributed by atoms with Gasteiger partial charge in [0.2, 0.25) is 10.0 Å². The zero-order valence-electron chi connectivity index (χ0n) is 13.6. The minimum absolute atomic E-state index is 0.129. The molecular formula is C16H17N3O5S. The molecular weight excluding hydrogens is 346 g/mol. The molecule has 0 bridgehead atoms. The zero-order valence-corrected chi connectivity index (χ0v) is 14.4. The summed E-state index contributed by atoms with van der Waals surface area (Å²) < 4.78 is 31.8.